The lowest BCUT2D eigenvalue weighted by Crippen LogP contribution is -2.31. The molecule has 0 radical (unpaired) electrons. The largest absolute Gasteiger partial charge is 0.416 e. The van der Waals surface area contributed by atoms with Crippen molar-refractivity contribution in [3.63, 3.8) is 0 Å². The van der Waals surface area contributed by atoms with Gasteiger partial charge in [-0.1, -0.05) is 12.1 Å². The molecule has 3 aromatic rings. The highest BCUT2D eigenvalue weighted by molar-refractivity contribution is 5.95. The first-order valence-corrected chi connectivity index (χ1v) is 9.76. The first-order chi connectivity index (χ1) is 14.3. The molecular formula is C21H21F3N4O2. The number of H-pyrrole nitrogens is 1. The zero-order chi connectivity index (χ0) is 21.3. The summed E-state index contributed by atoms with van der Waals surface area (Å²) in [6.07, 6.45) is -1.56. The number of hydrogen-bond donors (Lipinski definition) is 2. The number of aromatic nitrogens is 2. The van der Waals surface area contributed by atoms with Gasteiger partial charge in [-0.05, 0) is 49.6 Å². The van der Waals surface area contributed by atoms with Crippen molar-refractivity contribution in [2.75, 3.05) is 23.3 Å². The molecule has 1 aromatic heterocycles. The van der Waals surface area contributed by atoms with Gasteiger partial charge in [-0.15, -0.1) is 0 Å². The molecule has 1 amide bonds. The summed E-state index contributed by atoms with van der Waals surface area (Å²) in [5, 5.41) is 2.60. The van der Waals surface area contributed by atoms with Crippen LogP contribution < -0.4 is 15.9 Å². The average molecular weight is 418 g/mol. The lowest BCUT2D eigenvalue weighted by Gasteiger charge is -2.31. The van der Waals surface area contributed by atoms with Crippen molar-refractivity contribution in [2.45, 2.75) is 32.0 Å². The van der Waals surface area contributed by atoms with Gasteiger partial charge in [-0.25, -0.2) is 4.79 Å². The Hall–Kier alpha value is -3.23. The number of imidazole rings is 1. The van der Waals surface area contributed by atoms with Gasteiger partial charge in [0.25, 0.3) is 0 Å². The molecule has 158 valence electrons. The number of rotatable bonds is 4. The predicted octanol–water partition coefficient (Wildman–Crippen LogP) is 3.98. The summed E-state index contributed by atoms with van der Waals surface area (Å²) in [6, 6.07) is 10.3. The molecule has 30 heavy (non-hydrogen) atoms. The summed E-state index contributed by atoms with van der Waals surface area (Å²) in [5.41, 5.74) is 0.516. The van der Waals surface area contributed by atoms with Crippen LogP contribution in [0.25, 0.3) is 11.0 Å². The number of carbonyl (C=O) groups is 1. The summed E-state index contributed by atoms with van der Waals surface area (Å²) in [6.45, 7) is 1.13. The second kappa shape index (κ2) is 7.89. The SMILES string of the molecule is O=C(Cn1c(=O)[nH]c2ccccc21)Nc1cc(C(F)(F)F)ccc1N1CCCCC1. The van der Waals surface area contributed by atoms with E-state index in [-0.39, 0.29) is 12.2 Å². The lowest BCUT2D eigenvalue weighted by atomic mass is 10.1. The van der Waals surface area contributed by atoms with Crippen LogP contribution in [0.4, 0.5) is 24.5 Å². The molecule has 2 heterocycles. The standard InChI is InChI=1S/C21H21F3N4O2/c22-21(23,24)14-8-9-17(27-10-4-1-5-11-27)16(12-14)25-19(29)13-28-18-7-3-2-6-15(18)26-20(28)30/h2-3,6-9,12H,1,4-5,10-11,13H2,(H,25,29)(H,26,30). The number of nitrogens with zero attached hydrogens (tertiary/aromatic N) is 2. The second-order valence-corrected chi connectivity index (χ2v) is 7.36. The van der Waals surface area contributed by atoms with Gasteiger partial charge in [0, 0.05) is 13.1 Å². The van der Waals surface area contributed by atoms with Gasteiger partial charge in [0.05, 0.1) is 28.0 Å². The Labute approximate surface area is 170 Å². The number of para-hydroxylation sites is 2. The maximum absolute atomic E-state index is 13.2. The van der Waals surface area contributed by atoms with E-state index in [0.717, 1.165) is 44.5 Å². The number of hydrogen-bond acceptors (Lipinski definition) is 3. The normalized spacial score (nSPS) is 14.8. The van der Waals surface area contributed by atoms with Crippen molar-refractivity contribution in [1.82, 2.24) is 9.55 Å². The van der Waals surface area contributed by atoms with E-state index in [1.54, 1.807) is 24.3 Å². The maximum atomic E-state index is 13.2. The van der Waals surface area contributed by atoms with E-state index in [0.29, 0.717) is 16.7 Å². The van der Waals surface area contributed by atoms with Gasteiger partial charge >= 0.3 is 11.9 Å². The van der Waals surface area contributed by atoms with E-state index >= 15 is 0 Å². The Bertz CT molecular complexity index is 1130. The third kappa shape index (κ3) is 4.05. The van der Waals surface area contributed by atoms with E-state index < -0.39 is 23.3 Å². The summed E-state index contributed by atoms with van der Waals surface area (Å²) < 4.78 is 41.0. The Balaban J connectivity index is 1.63. The van der Waals surface area contributed by atoms with Gasteiger partial charge in [0.1, 0.15) is 6.54 Å². The zero-order valence-electron chi connectivity index (χ0n) is 16.1. The van der Waals surface area contributed by atoms with Crippen LogP contribution >= 0.6 is 0 Å². The van der Waals surface area contributed by atoms with Gasteiger partial charge in [-0.3, -0.25) is 9.36 Å². The first-order valence-electron chi connectivity index (χ1n) is 9.76. The molecule has 1 aliphatic heterocycles. The second-order valence-electron chi connectivity index (χ2n) is 7.36. The number of carbonyl (C=O) groups excluding carboxylic acids is 1. The minimum atomic E-state index is -4.52. The summed E-state index contributed by atoms with van der Waals surface area (Å²) >= 11 is 0. The van der Waals surface area contributed by atoms with Crippen molar-refractivity contribution in [3.05, 3.63) is 58.5 Å². The molecule has 0 atom stereocenters. The molecule has 4 rings (SSSR count). The number of benzene rings is 2. The fourth-order valence-electron chi connectivity index (χ4n) is 3.82. The number of piperidine rings is 1. The number of halogens is 3. The van der Waals surface area contributed by atoms with Crippen molar-refractivity contribution in [1.29, 1.82) is 0 Å². The summed E-state index contributed by atoms with van der Waals surface area (Å²) in [7, 11) is 0. The molecule has 0 unspecified atom stereocenters. The summed E-state index contributed by atoms with van der Waals surface area (Å²) in [4.78, 5) is 29.5. The fraction of sp³-hybridized carbons (Fsp3) is 0.333. The van der Waals surface area contributed by atoms with Crippen molar-refractivity contribution >= 4 is 28.3 Å². The Morgan fingerprint density at radius 1 is 1.07 bits per heavy atom. The van der Waals surface area contributed by atoms with Crippen LogP contribution in [0.2, 0.25) is 0 Å². The van der Waals surface area contributed by atoms with Gasteiger partial charge < -0.3 is 15.2 Å². The van der Waals surface area contributed by atoms with Crippen LogP contribution in [-0.2, 0) is 17.5 Å². The maximum Gasteiger partial charge on any atom is 0.416 e. The molecule has 0 spiro atoms. The van der Waals surface area contributed by atoms with Gasteiger partial charge in [0.15, 0.2) is 0 Å². The van der Waals surface area contributed by atoms with Gasteiger partial charge in [0.2, 0.25) is 5.91 Å². The van der Waals surface area contributed by atoms with E-state index in [1.165, 1.54) is 10.6 Å². The van der Waals surface area contributed by atoms with Crippen LogP contribution in [-0.4, -0.2) is 28.5 Å². The number of anilines is 2. The van der Waals surface area contributed by atoms with E-state index in [1.807, 2.05) is 4.90 Å². The third-order valence-corrected chi connectivity index (χ3v) is 5.28. The third-order valence-electron chi connectivity index (χ3n) is 5.28. The Kier molecular flexibility index (Phi) is 5.27. The van der Waals surface area contributed by atoms with Crippen LogP contribution in [0.3, 0.4) is 0 Å². The van der Waals surface area contributed by atoms with Crippen molar-refractivity contribution < 1.29 is 18.0 Å². The first kappa shape index (κ1) is 20.1. The highest BCUT2D eigenvalue weighted by Gasteiger charge is 2.32. The number of fused-ring (bicyclic) bond motifs is 1. The van der Waals surface area contributed by atoms with Crippen molar-refractivity contribution in [2.24, 2.45) is 0 Å². The van der Waals surface area contributed by atoms with Crippen LogP contribution in [0.1, 0.15) is 24.8 Å². The molecule has 0 aliphatic carbocycles. The fourth-order valence-corrected chi connectivity index (χ4v) is 3.82. The average Bonchev–Trinajstić information content (AvgIpc) is 3.03. The minimum Gasteiger partial charge on any atom is -0.370 e. The van der Waals surface area contributed by atoms with Crippen LogP contribution in [0.5, 0.6) is 0 Å². The molecule has 1 aliphatic rings. The number of aromatic amines is 1. The molecule has 2 N–H and O–H groups in total. The number of nitrogens with one attached hydrogen (secondary N) is 2. The van der Waals surface area contributed by atoms with E-state index in [2.05, 4.69) is 10.3 Å². The monoisotopic (exact) mass is 418 g/mol. The molecule has 1 fully saturated rings. The highest BCUT2D eigenvalue weighted by atomic mass is 19.4. The molecule has 0 bridgehead atoms. The smallest absolute Gasteiger partial charge is 0.370 e. The Morgan fingerprint density at radius 2 is 1.80 bits per heavy atom. The van der Waals surface area contributed by atoms with Crippen LogP contribution in [0.15, 0.2) is 47.3 Å². The predicted molar refractivity (Wildman–Crippen MR) is 109 cm³/mol. The van der Waals surface area contributed by atoms with Gasteiger partial charge in [-0.2, -0.15) is 13.2 Å². The van der Waals surface area contributed by atoms with Crippen LogP contribution in [0, 0.1) is 0 Å². The summed E-state index contributed by atoms with van der Waals surface area (Å²) in [5.74, 6) is -0.570. The Morgan fingerprint density at radius 3 is 2.53 bits per heavy atom. The van der Waals surface area contributed by atoms with E-state index in [9.17, 15) is 22.8 Å². The van der Waals surface area contributed by atoms with Crippen molar-refractivity contribution in [3.8, 4) is 0 Å². The molecule has 2 aromatic carbocycles. The van der Waals surface area contributed by atoms with E-state index in [4.69, 9.17) is 0 Å². The minimum absolute atomic E-state index is 0.101. The molecule has 6 nitrogen and oxygen atoms in total. The topological polar surface area (TPSA) is 70.1 Å². The lowest BCUT2D eigenvalue weighted by molar-refractivity contribution is -0.137. The molecular weight excluding hydrogens is 397 g/mol. The molecule has 1 saturated heterocycles. The zero-order valence-corrected chi connectivity index (χ0v) is 16.1. The molecule has 9 heteroatoms. The quantitative estimate of drug-likeness (QED) is 0.674. The highest BCUT2D eigenvalue weighted by Crippen LogP contribution is 2.36. The number of amides is 1. The molecule has 0 saturated carbocycles. The number of alkyl halides is 3.